The summed E-state index contributed by atoms with van der Waals surface area (Å²) in [6.45, 7) is 6.94. The second kappa shape index (κ2) is 8.84. The lowest BCUT2D eigenvalue weighted by Crippen LogP contribution is -2.38. The molecule has 1 unspecified atom stereocenters. The summed E-state index contributed by atoms with van der Waals surface area (Å²) in [5.74, 6) is 0.464. The molecule has 2 rings (SSSR count). The van der Waals surface area contributed by atoms with Crippen LogP contribution < -0.4 is 10.6 Å². The number of aliphatic imine (C=N–C) groups is 1. The average molecular weight is 338 g/mol. The molecule has 0 saturated carbocycles. The van der Waals surface area contributed by atoms with Gasteiger partial charge in [-0.05, 0) is 55.7 Å². The molecule has 2 aromatic rings. The minimum absolute atomic E-state index is 0.0751. The number of guanidine groups is 1. The number of nitrogens with zero attached hydrogens (tertiary/aromatic N) is 2. The first-order valence-corrected chi connectivity index (χ1v) is 8.33. The Morgan fingerprint density at radius 1 is 1.24 bits per heavy atom. The van der Waals surface area contributed by atoms with Crippen molar-refractivity contribution >= 4 is 5.96 Å². The van der Waals surface area contributed by atoms with E-state index in [2.05, 4.69) is 21.7 Å². The third kappa shape index (κ3) is 5.32. The highest BCUT2D eigenvalue weighted by Crippen LogP contribution is 2.16. The van der Waals surface area contributed by atoms with E-state index < -0.39 is 0 Å². The zero-order valence-electron chi connectivity index (χ0n) is 14.8. The van der Waals surface area contributed by atoms with E-state index in [0.29, 0.717) is 23.6 Å². The van der Waals surface area contributed by atoms with Gasteiger partial charge in [-0.25, -0.2) is 9.38 Å². The number of hydrogen-bond donors (Lipinski definition) is 2. The van der Waals surface area contributed by atoms with E-state index in [-0.39, 0.29) is 11.9 Å². The van der Waals surface area contributed by atoms with Crippen LogP contribution in [0.3, 0.4) is 0 Å². The molecule has 0 heterocycles. The third-order valence-electron chi connectivity index (χ3n) is 3.90. The van der Waals surface area contributed by atoms with Gasteiger partial charge in [-0.15, -0.1) is 0 Å². The minimum Gasteiger partial charge on any atom is -0.357 e. The highest BCUT2D eigenvalue weighted by Gasteiger charge is 2.09. The van der Waals surface area contributed by atoms with Crippen molar-refractivity contribution < 1.29 is 4.39 Å². The number of nitrogens with one attached hydrogen (secondary N) is 2. The van der Waals surface area contributed by atoms with E-state index in [1.54, 1.807) is 31.2 Å². The fourth-order valence-corrected chi connectivity index (χ4v) is 2.34. The summed E-state index contributed by atoms with van der Waals surface area (Å²) in [7, 11) is 0. The smallest absolute Gasteiger partial charge is 0.192 e. The Labute approximate surface area is 148 Å². The van der Waals surface area contributed by atoms with Crippen molar-refractivity contribution in [2.45, 2.75) is 33.4 Å². The maximum atomic E-state index is 13.8. The first-order chi connectivity index (χ1) is 12.0. The first kappa shape index (κ1) is 18.5. The number of aryl methyl sites for hydroxylation is 1. The summed E-state index contributed by atoms with van der Waals surface area (Å²) in [5, 5.41) is 15.3. The average Bonchev–Trinajstić information content (AvgIpc) is 2.62. The second-order valence-corrected chi connectivity index (χ2v) is 5.88. The normalized spacial score (nSPS) is 12.4. The summed E-state index contributed by atoms with van der Waals surface area (Å²) in [6.07, 6.45) is 0. The number of nitriles is 1. The highest BCUT2D eigenvalue weighted by molar-refractivity contribution is 5.80. The van der Waals surface area contributed by atoms with E-state index >= 15 is 0 Å². The van der Waals surface area contributed by atoms with Gasteiger partial charge in [-0.2, -0.15) is 5.26 Å². The van der Waals surface area contributed by atoms with Gasteiger partial charge >= 0.3 is 0 Å². The van der Waals surface area contributed by atoms with Gasteiger partial charge in [0.2, 0.25) is 0 Å². The Hall–Kier alpha value is -2.87. The lowest BCUT2D eigenvalue weighted by Gasteiger charge is -2.18. The summed E-state index contributed by atoms with van der Waals surface area (Å²) >= 11 is 0. The number of benzene rings is 2. The van der Waals surface area contributed by atoms with Crippen LogP contribution >= 0.6 is 0 Å². The van der Waals surface area contributed by atoms with Crippen LogP contribution in [0.2, 0.25) is 0 Å². The fourth-order valence-electron chi connectivity index (χ4n) is 2.34. The molecule has 0 aliphatic rings. The van der Waals surface area contributed by atoms with E-state index in [1.165, 1.54) is 0 Å². The van der Waals surface area contributed by atoms with Crippen molar-refractivity contribution in [3.05, 3.63) is 70.5 Å². The molecule has 0 radical (unpaired) electrons. The summed E-state index contributed by atoms with van der Waals surface area (Å²) in [5.41, 5.74) is 3.16. The fraction of sp³-hybridized carbons (Fsp3) is 0.300. The zero-order chi connectivity index (χ0) is 18.2. The van der Waals surface area contributed by atoms with E-state index in [1.807, 2.05) is 32.0 Å². The van der Waals surface area contributed by atoms with Gasteiger partial charge in [-0.3, -0.25) is 0 Å². The van der Waals surface area contributed by atoms with Gasteiger partial charge in [0.05, 0.1) is 24.2 Å². The molecule has 25 heavy (non-hydrogen) atoms. The monoisotopic (exact) mass is 338 g/mol. The lowest BCUT2D eigenvalue weighted by molar-refractivity contribution is 0.607. The molecule has 4 nitrogen and oxygen atoms in total. The summed E-state index contributed by atoms with van der Waals surface area (Å²) in [4.78, 5) is 4.56. The Bertz CT molecular complexity index is 775. The maximum Gasteiger partial charge on any atom is 0.192 e. The van der Waals surface area contributed by atoms with Gasteiger partial charge in [0, 0.05) is 6.54 Å². The van der Waals surface area contributed by atoms with E-state index in [9.17, 15) is 4.39 Å². The van der Waals surface area contributed by atoms with Crippen LogP contribution in [-0.4, -0.2) is 12.5 Å². The predicted molar refractivity (Wildman–Crippen MR) is 98.7 cm³/mol. The van der Waals surface area contributed by atoms with Crippen LogP contribution in [0, 0.1) is 24.1 Å². The summed E-state index contributed by atoms with van der Waals surface area (Å²) in [6, 6.07) is 14.6. The zero-order valence-corrected chi connectivity index (χ0v) is 14.8. The largest absolute Gasteiger partial charge is 0.357 e. The molecule has 0 amide bonds. The minimum atomic E-state index is -0.203. The number of halogens is 1. The topological polar surface area (TPSA) is 60.2 Å². The van der Waals surface area contributed by atoms with Crippen molar-refractivity contribution in [2.24, 2.45) is 4.99 Å². The Kier molecular flexibility index (Phi) is 6.53. The molecular weight excluding hydrogens is 315 g/mol. The molecule has 0 bridgehead atoms. The van der Waals surface area contributed by atoms with Crippen molar-refractivity contribution in [3.63, 3.8) is 0 Å². The van der Waals surface area contributed by atoms with Crippen molar-refractivity contribution in [1.29, 1.82) is 5.26 Å². The SMILES string of the molecule is CCNC(=NCc1ccc(C#N)cc1)NC(C)c1ccc(C)c(F)c1. The molecule has 0 saturated heterocycles. The Morgan fingerprint density at radius 3 is 2.56 bits per heavy atom. The van der Waals surface area contributed by atoms with Crippen LogP contribution in [0.4, 0.5) is 4.39 Å². The molecule has 0 aliphatic heterocycles. The molecule has 2 aromatic carbocycles. The van der Waals surface area contributed by atoms with E-state index in [4.69, 9.17) is 5.26 Å². The Morgan fingerprint density at radius 2 is 1.96 bits per heavy atom. The molecule has 0 spiro atoms. The van der Waals surface area contributed by atoms with Crippen LogP contribution in [0.1, 0.15) is 42.1 Å². The van der Waals surface area contributed by atoms with Crippen LogP contribution in [0.15, 0.2) is 47.5 Å². The van der Waals surface area contributed by atoms with Gasteiger partial charge < -0.3 is 10.6 Å². The molecular formula is C20H23FN4. The molecule has 2 N–H and O–H groups in total. The van der Waals surface area contributed by atoms with Crippen LogP contribution in [0.5, 0.6) is 0 Å². The van der Waals surface area contributed by atoms with Gasteiger partial charge in [0.25, 0.3) is 0 Å². The Balaban J connectivity index is 2.07. The van der Waals surface area contributed by atoms with Crippen LogP contribution in [0.25, 0.3) is 0 Å². The molecule has 0 fully saturated rings. The van der Waals surface area contributed by atoms with Crippen molar-refractivity contribution in [1.82, 2.24) is 10.6 Å². The second-order valence-electron chi connectivity index (χ2n) is 5.88. The first-order valence-electron chi connectivity index (χ1n) is 8.33. The molecule has 5 heteroatoms. The van der Waals surface area contributed by atoms with Crippen molar-refractivity contribution in [3.8, 4) is 6.07 Å². The molecule has 130 valence electrons. The lowest BCUT2D eigenvalue weighted by atomic mass is 10.1. The molecule has 0 aromatic heterocycles. The highest BCUT2D eigenvalue weighted by atomic mass is 19.1. The third-order valence-corrected chi connectivity index (χ3v) is 3.90. The quantitative estimate of drug-likeness (QED) is 0.643. The standard InChI is InChI=1S/C20H23FN4/c1-4-23-20(24-13-17-8-6-16(12-22)7-9-17)25-15(3)18-10-5-14(2)19(21)11-18/h5-11,15H,4,13H2,1-3H3,(H2,23,24,25). The summed E-state index contributed by atoms with van der Waals surface area (Å²) < 4.78 is 13.8. The van der Waals surface area contributed by atoms with Gasteiger partial charge in [-0.1, -0.05) is 24.3 Å². The van der Waals surface area contributed by atoms with Gasteiger partial charge in [0.15, 0.2) is 5.96 Å². The molecule has 1 atom stereocenters. The van der Waals surface area contributed by atoms with E-state index in [0.717, 1.165) is 17.7 Å². The van der Waals surface area contributed by atoms with Crippen molar-refractivity contribution in [2.75, 3.05) is 6.54 Å². The number of hydrogen-bond acceptors (Lipinski definition) is 2. The molecule has 0 aliphatic carbocycles. The maximum absolute atomic E-state index is 13.8. The van der Waals surface area contributed by atoms with Gasteiger partial charge in [0.1, 0.15) is 5.82 Å². The predicted octanol–water partition coefficient (Wildman–Crippen LogP) is 3.82. The number of rotatable bonds is 5. The van der Waals surface area contributed by atoms with Crippen LogP contribution in [-0.2, 0) is 6.54 Å².